The molecule has 0 aliphatic rings. The van der Waals surface area contributed by atoms with Gasteiger partial charge in [-0.1, -0.05) is 18.2 Å². The molecule has 0 aliphatic carbocycles. The zero-order valence-corrected chi connectivity index (χ0v) is 8.34. The third kappa shape index (κ3) is 2.25. The number of para-hydroxylation sites is 1. The first kappa shape index (κ1) is 9.51. The highest BCUT2D eigenvalue weighted by atomic mass is 16.5. The van der Waals surface area contributed by atoms with Crippen molar-refractivity contribution in [2.24, 2.45) is 0 Å². The number of hydrogen-bond acceptors (Lipinski definition) is 4. The molecule has 2 aromatic rings. The molecular weight excluding hydrogens is 192 g/mol. The van der Waals surface area contributed by atoms with E-state index in [0.29, 0.717) is 5.82 Å². The monoisotopic (exact) mass is 204 g/mol. The molecule has 0 radical (unpaired) electrons. The van der Waals surface area contributed by atoms with Crippen LogP contribution in [0.4, 0.5) is 5.95 Å². The number of aromatic nitrogens is 3. The molecule has 3 N–H and O–H groups in total. The van der Waals surface area contributed by atoms with Gasteiger partial charge >= 0.3 is 0 Å². The fourth-order valence-corrected chi connectivity index (χ4v) is 1.23. The summed E-state index contributed by atoms with van der Waals surface area (Å²) in [5, 5.41) is 6.46. The molecule has 1 atom stereocenters. The van der Waals surface area contributed by atoms with E-state index in [1.807, 2.05) is 37.3 Å². The van der Waals surface area contributed by atoms with E-state index in [0.717, 1.165) is 5.75 Å². The van der Waals surface area contributed by atoms with Gasteiger partial charge in [-0.2, -0.15) is 4.98 Å². The molecule has 1 heterocycles. The fourth-order valence-electron chi connectivity index (χ4n) is 1.23. The largest absolute Gasteiger partial charge is 0.483 e. The first-order chi connectivity index (χ1) is 7.25. The van der Waals surface area contributed by atoms with E-state index in [1.54, 1.807) is 0 Å². The zero-order valence-electron chi connectivity index (χ0n) is 8.34. The topological polar surface area (TPSA) is 76.8 Å². The third-order valence-corrected chi connectivity index (χ3v) is 1.96. The van der Waals surface area contributed by atoms with E-state index in [4.69, 9.17) is 10.5 Å². The minimum absolute atomic E-state index is 0.197. The Morgan fingerprint density at radius 3 is 2.67 bits per heavy atom. The standard InChI is InChI=1S/C10H12N4O/c1-7(9-12-10(11)14-13-9)15-8-5-3-2-4-6-8/h2-7H,1H3,(H3,11,12,13,14). The summed E-state index contributed by atoms with van der Waals surface area (Å²) in [5.41, 5.74) is 5.40. The lowest BCUT2D eigenvalue weighted by Crippen LogP contribution is -2.05. The summed E-state index contributed by atoms with van der Waals surface area (Å²) >= 11 is 0. The number of ether oxygens (including phenoxy) is 1. The summed E-state index contributed by atoms with van der Waals surface area (Å²) in [6, 6.07) is 9.53. The minimum Gasteiger partial charge on any atom is -0.483 e. The molecule has 5 heteroatoms. The van der Waals surface area contributed by atoms with Gasteiger partial charge < -0.3 is 10.5 Å². The number of anilines is 1. The molecule has 1 unspecified atom stereocenters. The van der Waals surface area contributed by atoms with Gasteiger partial charge in [0.25, 0.3) is 0 Å². The van der Waals surface area contributed by atoms with Crippen molar-refractivity contribution < 1.29 is 4.74 Å². The van der Waals surface area contributed by atoms with Crippen molar-refractivity contribution in [3.8, 4) is 5.75 Å². The number of nitrogens with two attached hydrogens (primary N) is 1. The summed E-state index contributed by atoms with van der Waals surface area (Å²) in [4.78, 5) is 3.99. The van der Waals surface area contributed by atoms with E-state index in [-0.39, 0.29) is 12.1 Å². The van der Waals surface area contributed by atoms with Crippen LogP contribution in [0.1, 0.15) is 18.9 Å². The molecule has 0 saturated carbocycles. The van der Waals surface area contributed by atoms with Crippen LogP contribution in [0.5, 0.6) is 5.75 Å². The van der Waals surface area contributed by atoms with Gasteiger partial charge in [-0.15, -0.1) is 5.10 Å². The maximum atomic E-state index is 5.62. The second-order valence-electron chi connectivity index (χ2n) is 3.15. The summed E-state index contributed by atoms with van der Waals surface area (Å²) in [6.07, 6.45) is -0.197. The van der Waals surface area contributed by atoms with Crippen LogP contribution in [0, 0.1) is 0 Å². The van der Waals surface area contributed by atoms with E-state index in [1.165, 1.54) is 0 Å². The average Bonchev–Trinajstić information content (AvgIpc) is 2.66. The SMILES string of the molecule is CC(Oc1ccccc1)c1nc(N)n[nH]1. The third-order valence-electron chi connectivity index (χ3n) is 1.96. The molecule has 0 bridgehead atoms. The highest BCUT2D eigenvalue weighted by Crippen LogP contribution is 2.18. The lowest BCUT2D eigenvalue weighted by molar-refractivity contribution is 0.217. The molecule has 0 aliphatic heterocycles. The predicted molar refractivity (Wildman–Crippen MR) is 56.3 cm³/mol. The van der Waals surface area contributed by atoms with Crippen molar-refractivity contribution in [3.63, 3.8) is 0 Å². The van der Waals surface area contributed by atoms with Crippen molar-refractivity contribution in [3.05, 3.63) is 36.2 Å². The Balaban J connectivity index is 2.07. The first-order valence-corrected chi connectivity index (χ1v) is 4.65. The van der Waals surface area contributed by atoms with Gasteiger partial charge in [-0.3, -0.25) is 5.10 Å². The molecule has 78 valence electrons. The zero-order chi connectivity index (χ0) is 10.7. The lowest BCUT2D eigenvalue weighted by atomic mass is 10.3. The Bertz CT molecular complexity index is 426. The highest BCUT2D eigenvalue weighted by molar-refractivity contribution is 5.22. The molecule has 0 fully saturated rings. The number of hydrogen-bond donors (Lipinski definition) is 2. The smallest absolute Gasteiger partial charge is 0.239 e. The molecular formula is C10H12N4O. The minimum atomic E-state index is -0.197. The number of H-pyrrole nitrogens is 1. The number of aromatic amines is 1. The molecule has 1 aromatic carbocycles. The van der Waals surface area contributed by atoms with Crippen LogP contribution in [-0.4, -0.2) is 15.2 Å². The maximum absolute atomic E-state index is 5.62. The van der Waals surface area contributed by atoms with Crippen molar-refractivity contribution in [1.82, 2.24) is 15.2 Å². The van der Waals surface area contributed by atoms with E-state index < -0.39 is 0 Å². The highest BCUT2D eigenvalue weighted by Gasteiger charge is 2.11. The Kier molecular flexibility index (Phi) is 2.53. The van der Waals surface area contributed by atoms with E-state index in [2.05, 4.69) is 15.2 Å². The Morgan fingerprint density at radius 1 is 1.33 bits per heavy atom. The number of rotatable bonds is 3. The van der Waals surface area contributed by atoms with Crippen molar-refractivity contribution in [2.75, 3.05) is 5.73 Å². The molecule has 0 spiro atoms. The number of benzene rings is 1. The average molecular weight is 204 g/mol. The van der Waals surface area contributed by atoms with Gasteiger partial charge in [-0.05, 0) is 19.1 Å². The van der Waals surface area contributed by atoms with Crippen LogP contribution in [0.15, 0.2) is 30.3 Å². The Hall–Kier alpha value is -2.04. The van der Waals surface area contributed by atoms with Crippen LogP contribution in [0.2, 0.25) is 0 Å². The normalized spacial score (nSPS) is 12.3. The van der Waals surface area contributed by atoms with Gasteiger partial charge in [0.05, 0.1) is 0 Å². The Morgan fingerprint density at radius 2 is 2.07 bits per heavy atom. The van der Waals surface area contributed by atoms with E-state index >= 15 is 0 Å². The van der Waals surface area contributed by atoms with E-state index in [9.17, 15) is 0 Å². The first-order valence-electron chi connectivity index (χ1n) is 4.65. The molecule has 0 saturated heterocycles. The van der Waals surface area contributed by atoms with Crippen LogP contribution < -0.4 is 10.5 Å². The van der Waals surface area contributed by atoms with Gasteiger partial charge in [-0.25, -0.2) is 0 Å². The van der Waals surface area contributed by atoms with Crippen LogP contribution >= 0.6 is 0 Å². The second-order valence-corrected chi connectivity index (χ2v) is 3.15. The molecule has 15 heavy (non-hydrogen) atoms. The fraction of sp³-hybridized carbons (Fsp3) is 0.200. The van der Waals surface area contributed by atoms with Crippen LogP contribution in [0.25, 0.3) is 0 Å². The number of nitrogens with zero attached hydrogens (tertiary/aromatic N) is 2. The van der Waals surface area contributed by atoms with Crippen molar-refractivity contribution >= 4 is 5.95 Å². The summed E-state index contributed by atoms with van der Waals surface area (Å²) in [6.45, 7) is 1.88. The van der Waals surface area contributed by atoms with Crippen LogP contribution in [0.3, 0.4) is 0 Å². The molecule has 1 aromatic heterocycles. The summed E-state index contributed by atoms with van der Waals surface area (Å²) in [5.74, 6) is 1.64. The molecule has 2 rings (SSSR count). The number of nitrogen functional groups attached to an aromatic ring is 1. The summed E-state index contributed by atoms with van der Waals surface area (Å²) in [7, 11) is 0. The van der Waals surface area contributed by atoms with Gasteiger partial charge in [0.15, 0.2) is 11.9 Å². The van der Waals surface area contributed by atoms with Gasteiger partial charge in [0.2, 0.25) is 5.95 Å². The lowest BCUT2D eigenvalue weighted by Gasteiger charge is -2.11. The second kappa shape index (κ2) is 4.00. The van der Waals surface area contributed by atoms with Crippen molar-refractivity contribution in [2.45, 2.75) is 13.0 Å². The van der Waals surface area contributed by atoms with Gasteiger partial charge in [0, 0.05) is 0 Å². The predicted octanol–water partition coefficient (Wildman–Crippen LogP) is 1.53. The molecule has 5 nitrogen and oxygen atoms in total. The van der Waals surface area contributed by atoms with Gasteiger partial charge in [0.1, 0.15) is 5.75 Å². The van der Waals surface area contributed by atoms with Crippen molar-refractivity contribution in [1.29, 1.82) is 0 Å². The Labute approximate surface area is 87.3 Å². The number of nitrogens with one attached hydrogen (secondary N) is 1. The van der Waals surface area contributed by atoms with Crippen LogP contribution in [-0.2, 0) is 0 Å². The maximum Gasteiger partial charge on any atom is 0.239 e. The summed E-state index contributed by atoms with van der Waals surface area (Å²) < 4.78 is 5.62. The quantitative estimate of drug-likeness (QED) is 0.794. The molecule has 0 amide bonds.